The van der Waals surface area contributed by atoms with Crippen molar-refractivity contribution in [1.29, 1.82) is 0 Å². The van der Waals surface area contributed by atoms with Gasteiger partial charge in [-0.3, -0.25) is 4.57 Å². The predicted molar refractivity (Wildman–Crippen MR) is 73.1 cm³/mol. The zero-order valence-electron chi connectivity index (χ0n) is 11.1. The highest BCUT2D eigenvalue weighted by Gasteiger charge is 2.31. The zero-order chi connectivity index (χ0) is 15.9. The van der Waals surface area contributed by atoms with E-state index in [1.165, 1.54) is 24.3 Å². The van der Waals surface area contributed by atoms with E-state index in [1.807, 2.05) is 0 Å². The number of imidazole rings is 1. The van der Waals surface area contributed by atoms with Crippen molar-refractivity contribution in [2.45, 2.75) is 12.7 Å². The van der Waals surface area contributed by atoms with Crippen LogP contribution in [0.5, 0.6) is 0 Å². The molecule has 1 heterocycles. The molecule has 1 aromatic heterocycles. The molecule has 0 radical (unpaired) electrons. The summed E-state index contributed by atoms with van der Waals surface area (Å²) in [6.45, 7) is -0.0160. The Labute approximate surface area is 121 Å². The number of benzene rings is 2. The lowest BCUT2D eigenvalue weighted by molar-refractivity contribution is -0.137. The fourth-order valence-corrected chi connectivity index (χ4v) is 2.30. The van der Waals surface area contributed by atoms with Crippen LogP contribution in [0.1, 0.15) is 11.1 Å². The average Bonchev–Trinajstić information content (AvgIpc) is 2.74. The minimum absolute atomic E-state index is 0.0160. The second-order valence-corrected chi connectivity index (χ2v) is 4.88. The minimum Gasteiger partial charge on any atom is -0.306 e. The van der Waals surface area contributed by atoms with E-state index in [0.717, 1.165) is 16.7 Å². The first kappa shape index (κ1) is 14.4. The predicted octanol–water partition coefficient (Wildman–Crippen LogP) is 3.54. The van der Waals surface area contributed by atoms with Crippen LogP contribution in [-0.2, 0) is 12.7 Å². The SMILES string of the molecule is O=c1[nH]c2ccc(C(F)(F)F)cc2n1Cc1cccc(F)c1. The highest BCUT2D eigenvalue weighted by Crippen LogP contribution is 2.30. The van der Waals surface area contributed by atoms with Gasteiger partial charge in [0, 0.05) is 0 Å². The molecule has 0 saturated heterocycles. The van der Waals surface area contributed by atoms with Gasteiger partial charge in [-0.25, -0.2) is 9.18 Å². The van der Waals surface area contributed by atoms with Crippen LogP contribution in [0.3, 0.4) is 0 Å². The molecule has 3 nitrogen and oxygen atoms in total. The molecule has 7 heteroatoms. The van der Waals surface area contributed by atoms with Crippen molar-refractivity contribution in [2.75, 3.05) is 0 Å². The molecule has 3 rings (SSSR count). The summed E-state index contributed by atoms with van der Waals surface area (Å²) in [5, 5.41) is 0. The van der Waals surface area contributed by atoms with Gasteiger partial charge in [0.05, 0.1) is 23.1 Å². The summed E-state index contributed by atoms with van der Waals surface area (Å²) in [4.78, 5) is 14.4. The third-order valence-electron chi connectivity index (χ3n) is 3.33. The van der Waals surface area contributed by atoms with Crippen LogP contribution in [0.2, 0.25) is 0 Å². The first-order valence-corrected chi connectivity index (χ1v) is 6.39. The standard InChI is InChI=1S/C15H10F4N2O/c16-11-3-1-2-9(6-11)8-21-13-7-10(15(17,18)19)4-5-12(13)20-14(21)22/h1-7H,8H2,(H,20,22). The molecule has 2 aromatic carbocycles. The Morgan fingerprint density at radius 3 is 2.55 bits per heavy atom. The van der Waals surface area contributed by atoms with E-state index in [4.69, 9.17) is 0 Å². The van der Waals surface area contributed by atoms with Crippen molar-refractivity contribution in [1.82, 2.24) is 9.55 Å². The Morgan fingerprint density at radius 1 is 1.09 bits per heavy atom. The van der Waals surface area contributed by atoms with Crippen molar-refractivity contribution < 1.29 is 17.6 Å². The molecule has 0 aliphatic heterocycles. The normalized spacial score (nSPS) is 12.0. The maximum Gasteiger partial charge on any atom is 0.416 e. The van der Waals surface area contributed by atoms with Crippen molar-refractivity contribution in [2.24, 2.45) is 0 Å². The van der Waals surface area contributed by atoms with E-state index >= 15 is 0 Å². The quantitative estimate of drug-likeness (QED) is 0.722. The lowest BCUT2D eigenvalue weighted by Gasteiger charge is -2.08. The van der Waals surface area contributed by atoms with Crippen LogP contribution in [0.25, 0.3) is 11.0 Å². The van der Waals surface area contributed by atoms with Crippen LogP contribution >= 0.6 is 0 Å². The number of hydrogen-bond acceptors (Lipinski definition) is 1. The molecule has 0 saturated carbocycles. The van der Waals surface area contributed by atoms with Crippen molar-refractivity contribution >= 4 is 11.0 Å². The molecular weight excluding hydrogens is 300 g/mol. The molecule has 1 N–H and O–H groups in total. The topological polar surface area (TPSA) is 37.8 Å². The summed E-state index contributed by atoms with van der Waals surface area (Å²) < 4.78 is 52.7. The van der Waals surface area contributed by atoms with Gasteiger partial charge in [0.25, 0.3) is 0 Å². The Morgan fingerprint density at radius 2 is 1.86 bits per heavy atom. The highest BCUT2D eigenvalue weighted by atomic mass is 19.4. The summed E-state index contributed by atoms with van der Waals surface area (Å²) >= 11 is 0. The van der Waals surface area contributed by atoms with Crippen LogP contribution in [-0.4, -0.2) is 9.55 Å². The Kier molecular flexibility index (Phi) is 3.27. The van der Waals surface area contributed by atoms with Gasteiger partial charge in [-0.2, -0.15) is 13.2 Å². The third-order valence-corrected chi connectivity index (χ3v) is 3.33. The van der Waals surface area contributed by atoms with E-state index in [1.54, 1.807) is 6.07 Å². The molecule has 0 unspecified atom stereocenters. The van der Waals surface area contributed by atoms with Crippen molar-refractivity contribution in [3.05, 3.63) is 69.9 Å². The van der Waals surface area contributed by atoms with Gasteiger partial charge in [-0.05, 0) is 35.9 Å². The third kappa shape index (κ3) is 2.61. The maximum absolute atomic E-state index is 13.2. The number of nitrogens with zero attached hydrogens (tertiary/aromatic N) is 1. The van der Waals surface area contributed by atoms with Gasteiger partial charge in [-0.1, -0.05) is 12.1 Å². The molecule has 0 aliphatic carbocycles. The molecule has 0 atom stereocenters. The number of rotatable bonds is 2. The lowest BCUT2D eigenvalue weighted by atomic mass is 10.2. The van der Waals surface area contributed by atoms with Gasteiger partial charge >= 0.3 is 11.9 Å². The van der Waals surface area contributed by atoms with E-state index in [-0.39, 0.29) is 12.1 Å². The Balaban J connectivity index is 2.12. The maximum atomic E-state index is 13.2. The second kappa shape index (κ2) is 5.01. The molecule has 0 amide bonds. The summed E-state index contributed by atoms with van der Waals surface area (Å²) in [6.07, 6.45) is -4.49. The number of halogens is 4. The molecular formula is C15H10F4N2O. The number of H-pyrrole nitrogens is 1. The number of alkyl halides is 3. The number of hydrogen-bond donors (Lipinski definition) is 1. The lowest BCUT2D eigenvalue weighted by Crippen LogP contribution is -2.17. The number of fused-ring (bicyclic) bond motifs is 1. The molecule has 0 bridgehead atoms. The minimum atomic E-state index is -4.49. The van der Waals surface area contributed by atoms with Gasteiger partial charge in [0.1, 0.15) is 5.82 Å². The van der Waals surface area contributed by atoms with Gasteiger partial charge < -0.3 is 4.98 Å². The molecule has 3 aromatic rings. The fraction of sp³-hybridized carbons (Fsp3) is 0.133. The smallest absolute Gasteiger partial charge is 0.306 e. The molecule has 0 spiro atoms. The summed E-state index contributed by atoms with van der Waals surface area (Å²) in [6, 6.07) is 8.59. The van der Waals surface area contributed by atoms with E-state index < -0.39 is 23.2 Å². The van der Waals surface area contributed by atoms with Gasteiger partial charge in [-0.15, -0.1) is 0 Å². The van der Waals surface area contributed by atoms with Crippen LogP contribution in [0.15, 0.2) is 47.3 Å². The monoisotopic (exact) mass is 310 g/mol. The van der Waals surface area contributed by atoms with Gasteiger partial charge in [0.2, 0.25) is 0 Å². The summed E-state index contributed by atoms with van der Waals surface area (Å²) in [7, 11) is 0. The van der Waals surface area contributed by atoms with Gasteiger partial charge in [0.15, 0.2) is 0 Å². The second-order valence-electron chi connectivity index (χ2n) is 4.88. The fourth-order valence-electron chi connectivity index (χ4n) is 2.30. The highest BCUT2D eigenvalue weighted by molar-refractivity contribution is 5.76. The van der Waals surface area contributed by atoms with E-state index in [9.17, 15) is 22.4 Å². The summed E-state index contributed by atoms with van der Waals surface area (Å²) in [5.74, 6) is -0.471. The largest absolute Gasteiger partial charge is 0.416 e. The number of nitrogens with one attached hydrogen (secondary N) is 1. The summed E-state index contributed by atoms with van der Waals surface area (Å²) in [5.41, 5.74) is -0.468. The molecule has 0 fully saturated rings. The number of aromatic amines is 1. The first-order chi connectivity index (χ1) is 10.3. The average molecular weight is 310 g/mol. The Hall–Kier alpha value is -2.57. The van der Waals surface area contributed by atoms with Crippen LogP contribution in [0.4, 0.5) is 17.6 Å². The van der Waals surface area contributed by atoms with E-state index in [0.29, 0.717) is 11.1 Å². The van der Waals surface area contributed by atoms with Crippen LogP contribution < -0.4 is 5.69 Å². The van der Waals surface area contributed by atoms with Crippen LogP contribution in [0, 0.1) is 5.82 Å². The Bertz CT molecular complexity index is 892. The number of aromatic nitrogens is 2. The first-order valence-electron chi connectivity index (χ1n) is 6.39. The van der Waals surface area contributed by atoms with Crippen molar-refractivity contribution in [3.63, 3.8) is 0 Å². The molecule has 22 heavy (non-hydrogen) atoms. The molecule has 114 valence electrons. The molecule has 0 aliphatic rings. The zero-order valence-corrected chi connectivity index (χ0v) is 11.1. The van der Waals surface area contributed by atoms with Crippen molar-refractivity contribution in [3.8, 4) is 0 Å². The van der Waals surface area contributed by atoms with E-state index in [2.05, 4.69) is 4.98 Å².